The minimum absolute atomic E-state index is 1.07. The third-order valence-electron chi connectivity index (χ3n) is 9.32. The number of aromatic nitrogens is 3. The lowest BCUT2D eigenvalue weighted by Gasteiger charge is -2.27. The number of rotatable bonds is 7. The Kier molecular flexibility index (Phi) is 7.45. The predicted molar refractivity (Wildman–Crippen MR) is 207 cm³/mol. The summed E-state index contributed by atoms with van der Waals surface area (Å²) >= 11 is 0. The number of benzene rings is 6. The molecule has 0 radical (unpaired) electrons. The molecule has 0 bridgehead atoms. The minimum atomic E-state index is 1.07. The molecule has 3 heterocycles. The average Bonchev–Trinajstić information content (AvgIpc) is 3.54. The molecule has 4 nitrogen and oxygen atoms in total. The van der Waals surface area contributed by atoms with Gasteiger partial charge in [0.2, 0.25) is 0 Å². The molecule has 0 saturated carbocycles. The second-order valence-corrected chi connectivity index (χ2v) is 12.4. The molecule has 0 aliphatic carbocycles. The van der Waals surface area contributed by atoms with Crippen molar-refractivity contribution >= 4 is 38.9 Å². The highest BCUT2D eigenvalue weighted by atomic mass is 15.1. The molecule has 9 aromatic rings. The van der Waals surface area contributed by atoms with Crippen LogP contribution in [0.25, 0.3) is 60.9 Å². The number of nitrogens with zero attached hydrogens (tertiary/aromatic N) is 4. The fraction of sp³-hybridized carbons (Fsp3) is 0. The van der Waals surface area contributed by atoms with Crippen LogP contribution in [0.15, 0.2) is 195 Å². The number of pyridine rings is 2. The highest BCUT2D eigenvalue weighted by Gasteiger charge is 2.19. The van der Waals surface area contributed by atoms with Crippen molar-refractivity contribution in [3.05, 3.63) is 195 Å². The maximum atomic E-state index is 4.29. The van der Waals surface area contributed by atoms with Gasteiger partial charge in [-0.05, 0) is 130 Å². The molecular formula is C46H32N4. The van der Waals surface area contributed by atoms with Crippen molar-refractivity contribution in [3.8, 4) is 39.1 Å². The summed E-state index contributed by atoms with van der Waals surface area (Å²) in [6, 6.07) is 60.7. The van der Waals surface area contributed by atoms with Gasteiger partial charge < -0.3 is 9.47 Å². The van der Waals surface area contributed by atoms with Crippen molar-refractivity contribution in [2.24, 2.45) is 0 Å². The molecule has 0 N–H and O–H groups in total. The van der Waals surface area contributed by atoms with Crippen LogP contribution in [0, 0.1) is 0 Å². The van der Waals surface area contributed by atoms with Gasteiger partial charge >= 0.3 is 0 Å². The Morgan fingerprint density at radius 3 is 1.26 bits per heavy atom. The molecule has 0 fully saturated rings. The topological polar surface area (TPSA) is 34.0 Å². The fourth-order valence-electron chi connectivity index (χ4n) is 7.04. The smallest absolute Gasteiger partial charge is 0.0541 e. The van der Waals surface area contributed by atoms with Crippen molar-refractivity contribution in [1.29, 1.82) is 0 Å². The molecule has 0 amide bonds. The first-order valence-corrected chi connectivity index (χ1v) is 16.8. The molecule has 3 aromatic heterocycles. The molecule has 0 spiro atoms. The van der Waals surface area contributed by atoms with E-state index in [1.165, 1.54) is 21.8 Å². The lowest BCUT2D eigenvalue weighted by Crippen LogP contribution is -2.10. The summed E-state index contributed by atoms with van der Waals surface area (Å²) in [5, 5.41) is 2.47. The Hall–Kier alpha value is -6.78. The maximum Gasteiger partial charge on any atom is 0.0541 e. The number of anilines is 3. The first kappa shape index (κ1) is 29.4. The first-order chi connectivity index (χ1) is 24.8. The quantitative estimate of drug-likeness (QED) is 0.174. The molecule has 50 heavy (non-hydrogen) atoms. The van der Waals surface area contributed by atoms with E-state index in [4.69, 9.17) is 0 Å². The zero-order valence-electron chi connectivity index (χ0n) is 27.3. The van der Waals surface area contributed by atoms with Crippen molar-refractivity contribution in [2.45, 2.75) is 0 Å². The molecular weight excluding hydrogens is 609 g/mol. The lowest BCUT2D eigenvalue weighted by molar-refractivity contribution is 1.17. The Labute approximate surface area is 291 Å². The van der Waals surface area contributed by atoms with E-state index in [1.54, 1.807) is 0 Å². The number of fused-ring (bicyclic) bond motifs is 3. The summed E-state index contributed by atoms with van der Waals surface area (Å²) in [5.41, 5.74) is 13.4. The Bertz CT molecular complexity index is 2430. The highest BCUT2D eigenvalue weighted by Crippen LogP contribution is 2.41. The molecule has 6 aromatic carbocycles. The van der Waals surface area contributed by atoms with Crippen LogP contribution in [0.5, 0.6) is 0 Å². The maximum absolute atomic E-state index is 4.29. The third kappa shape index (κ3) is 5.39. The molecule has 9 rings (SSSR count). The molecule has 4 heteroatoms. The summed E-state index contributed by atoms with van der Waals surface area (Å²) in [6.45, 7) is 0. The van der Waals surface area contributed by atoms with Gasteiger partial charge in [-0.15, -0.1) is 0 Å². The van der Waals surface area contributed by atoms with E-state index in [1.807, 2.05) is 24.8 Å². The van der Waals surface area contributed by atoms with Gasteiger partial charge in [0.05, 0.1) is 11.0 Å². The fourth-order valence-corrected chi connectivity index (χ4v) is 7.04. The second-order valence-electron chi connectivity index (χ2n) is 12.4. The normalized spacial score (nSPS) is 11.2. The number of para-hydroxylation sites is 4. The summed E-state index contributed by atoms with van der Waals surface area (Å²) in [5.74, 6) is 0. The molecule has 0 aliphatic rings. The monoisotopic (exact) mass is 640 g/mol. The van der Waals surface area contributed by atoms with Gasteiger partial charge in [0, 0.05) is 58.3 Å². The van der Waals surface area contributed by atoms with Gasteiger partial charge in [-0.1, -0.05) is 72.8 Å². The summed E-state index contributed by atoms with van der Waals surface area (Å²) in [4.78, 5) is 10.9. The molecule has 0 saturated heterocycles. The van der Waals surface area contributed by atoms with Crippen molar-refractivity contribution in [1.82, 2.24) is 14.5 Å². The van der Waals surface area contributed by atoms with Crippen LogP contribution in [-0.4, -0.2) is 14.5 Å². The molecule has 0 atom stereocenters. The van der Waals surface area contributed by atoms with Gasteiger partial charge in [-0.3, -0.25) is 9.97 Å². The van der Waals surface area contributed by atoms with Crippen LogP contribution in [-0.2, 0) is 0 Å². The molecule has 0 unspecified atom stereocenters. The van der Waals surface area contributed by atoms with E-state index in [2.05, 4.69) is 189 Å². The zero-order valence-corrected chi connectivity index (χ0v) is 27.3. The molecule has 236 valence electrons. The Morgan fingerprint density at radius 2 is 0.760 bits per heavy atom. The van der Waals surface area contributed by atoms with Crippen LogP contribution in [0.2, 0.25) is 0 Å². The van der Waals surface area contributed by atoms with Crippen molar-refractivity contribution < 1.29 is 0 Å². The standard InChI is InChI=1S/C46H32N4/c1-3-11-39(12-4-1)49(40-13-5-2-6-14-40)41-30-38(31-42(32-41)50-45-17-9-7-15-43(45)44-16-8-10-18-46(44)50)37-28-35(33-19-23-47-24-20-33)27-36(29-37)34-21-25-48-26-22-34/h1-32H. The number of hydrogen-bond donors (Lipinski definition) is 0. The molecule has 0 aliphatic heterocycles. The summed E-state index contributed by atoms with van der Waals surface area (Å²) in [7, 11) is 0. The van der Waals surface area contributed by atoms with Gasteiger partial charge in [-0.2, -0.15) is 0 Å². The third-order valence-corrected chi connectivity index (χ3v) is 9.32. The van der Waals surface area contributed by atoms with Gasteiger partial charge in [0.1, 0.15) is 0 Å². The SMILES string of the molecule is c1ccc(N(c2ccccc2)c2cc(-c3cc(-c4ccncc4)cc(-c4ccncc4)c3)cc(-n3c4ccccc4c4ccccc43)c2)cc1. The van der Waals surface area contributed by atoms with Gasteiger partial charge in [-0.25, -0.2) is 0 Å². The lowest BCUT2D eigenvalue weighted by atomic mass is 9.93. The largest absolute Gasteiger partial charge is 0.310 e. The first-order valence-electron chi connectivity index (χ1n) is 16.8. The average molecular weight is 641 g/mol. The zero-order chi connectivity index (χ0) is 33.3. The van der Waals surface area contributed by atoms with Crippen LogP contribution in [0.4, 0.5) is 17.1 Å². The van der Waals surface area contributed by atoms with E-state index in [0.29, 0.717) is 0 Å². The van der Waals surface area contributed by atoms with Crippen molar-refractivity contribution in [3.63, 3.8) is 0 Å². The summed E-state index contributed by atoms with van der Waals surface area (Å²) < 4.78 is 2.41. The van der Waals surface area contributed by atoms with E-state index < -0.39 is 0 Å². The van der Waals surface area contributed by atoms with Crippen LogP contribution in [0.3, 0.4) is 0 Å². The second kappa shape index (κ2) is 12.7. The van der Waals surface area contributed by atoms with E-state index in [-0.39, 0.29) is 0 Å². The predicted octanol–water partition coefficient (Wildman–Crippen LogP) is 12.0. The minimum Gasteiger partial charge on any atom is -0.310 e. The van der Waals surface area contributed by atoms with Crippen molar-refractivity contribution in [2.75, 3.05) is 4.90 Å². The van der Waals surface area contributed by atoms with Crippen LogP contribution >= 0.6 is 0 Å². The van der Waals surface area contributed by atoms with Crippen LogP contribution in [0.1, 0.15) is 0 Å². The summed E-state index contributed by atoms with van der Waals surface area (Å²) in [6.07, 6.45) is 7.42. The van der Waals surface area contributed by atoms with Gasteiger partial charge in [0.25, 0.3) is 0 Å². The van der Waals surface area contributed by atoms with E-state index in [0.717, 1.165) is 56.1 Å². The van der Waals surface area contributed by atoms with E-state index in [9.17, 15) is 0 Å². The number of hydrogen-bond acceptors (Lipinski definition) is 3. The highest BCUT2D eigenvalue weighted by molar-refractivity contribution is 6.09. The van der Waals surface area contributed by atoms with Gasteiger partial charge in [0.15, 0.2) is 0 Å². The Morgan fingerprint density at radius 1 is 0.340 bits per heavy atom. The Balaban J connectivity index is 1.35. The van der Waals surface area contributed by atoms with E-state index >= 15 is 0 Å². The van der Waals surface area contributed by atoms with Crippen LogP contribution < -0.4 is 4.90 Å².